The maximum Gasteiger partial charge on any atom is 0.311 e. The third-order valence-corrected chi connectivity index (χ3v) is 5.51. The predicted molar refractivity (Wildman–Crippen MR) is 116 cm³/mol. The minimum atomic E-state index is -0.396. The zero-order valence-electron chi connectivity index (χ0n) is 18.5. The molecule has 0 bridgehead atoms. The minimum Gasteiger partial charge on any atom is -0.497 e. The van der Waals surface area contributed by atoms with E-state index in [9.17, 15) is 4.79 Å². The number of nitrogens with one attached hydrogen (secondary N) is 2. The van der Waals surface area contributed by atoms with Gasteiger partial charge in [0.2, 0.25) is 0 Å². The van der Waals surface area contributed by atoms with Gasteiger partial charge in [0.15, 0.2) is 0 Å². The average Bonchev–Trinajstić information content (AvgIpc) is 2.83. The lowest BCUT2D eigenvalue weighted by molar-refractivity contribution is -0.155. The van der Waals surface area contributed by atoms with Gasteiger partial charge < -0.3 is 18.9 Å². The van der Waals surface area contributed by atoms with Crippen LogP contribution in [-0.2, 0) is 27.4 Å². The number of benzene rings is 2. The van der Waals surface area contributed by atoms with Crippen LogP contribution in [0.4, 0.5) is 0 Å². The molecule has 1 saturated heterocycles. The highest BCUT2D eigenvalue weighted by Gasteiger charge is 2.39. The fourth-order valence-corrected chi connectivity index (χ4v) is 3.76. The Labute approximate surface area is 183 Å². The molecule has 3 atom stereocenters. The number of ether oxygens (including phenoxy) is 4. The van der Waals surface area contributed by atoms with E-state index in [4.69, 9.17) is 18.9 Å². The molecule has 2 aromatic carbocycles. The second kappa shape index (κ2) is 11.1. The fraction of sp³-hybridized carbons (Fsp3) is 0.435. The van der Waals surface area contributed by atoms with Gasteiger partial charge in [-0.1, -0.05) is 24.3 Å². The second-order valence-corrected chi connectivity index (χ2v) is 7.42. The molecule has 2 N–H and O–H groups in total. The number of methoxy groups -OCH3 is 4. The number of hydrogen-bond acceptors (Lipinski definition) is 8. The predicted octanol–water partition coefficient (Wildman–Crippen LogP) is 2.29. The van der Waals surface area contributed by atoms with Gasteiger partial charge in [0, 0.05) is 26.6 Å². The van der Waals surface area contributed by atoms with Gasteiger partial charge in [0.05, 0.1) is 33.4 Å². The van der Waals surface area contributed by atoms with Crippen molar-refractivity contribution in [2.24, 2.45) is 5.92 Å². The largest absolute Gasteiger partial charge is 0.497 e. The molecule has 0 radical (unpaired) electrons. The summed E-state index contributed by atoms with van der Waals surface area (Å²) in [6.45, 7) is 1.25. The normalized spacial score (nSPS) is 21.0. The molecular weight excluding hydrogens is 398 g/mol. The first-order valence-electron chi connectivity index (χ1n) is 10.2. The summed E-state index contributed by atoms with van der Waals surface area (Å²) >= 11 is 0. The molecule has 0 aromatic heterocycles. The van der Waals surface area contributed by atoms with Gasteiger partial charge >= 0.3 is 5.97 Å². The molecule has 3 unspecified atom stereocenters. The minimum absolute atomic E-state index is 0.268. The van der Waals surface area contributed by atoms with Crippen LogP contribution >= 0.6 is 0 Å². The van der Waals surface area contributed by atoms with Crippen LogP contribution in [0.15, 0.2) is 48.5 Å². The highest BCUT2D eigenvalue weighted by molar-refractivity contribution is 5.73. The van der Waals surface area contributed by atoms with E-state index in [1.807, 2.05) is 48.5 Å². The molecular formula is C23H31N3O5. The van der Waals surface area contributed by atoms with Crippen molar-refractivity contribution in [3.8, 4) is 11.5 Å². The summed E-state index contributed by atoms with van der Waals surface area (Å²) in [4.78, 5) is 14.8. The van der Waals surface area contributed by atoms with Crippen LogP contribution in [0.25, 0.3) is 0 Å². The summed E-state index contributed by atoms with van der Waals surface area (Å²) in [5.41, 5.74) is 8.64. The Balaban J connectivity index is 1.87. The number of carbonyl (C=O) groups is 1. The van der Waals surface area contributed by atoms with E-state index in [-0.39, 0.29) is 18.4 Å². The van der Waals surface area contributed by atoms with Crippen molar-refractivity contribution in [1.82, 2.24) is 15.8 Å². The molecule has 0 saturated carbocycles. The van der Waals surface area contributed by atoms with Gasteiger partial charge in [-0.25, -0.2) is 10.9 Å². The monoisotopic (exact) mass is 429 g/mol. The quantitative estimate of drug-likeness (QED) is 0.588. The van der Waals surface area contributed by atoms with Crippen molar-refractivity contribution in [2.45, 2.75) is 31.9 Å². The molecule has 168 valence electrons. The van der Waals surface area contributed by atoms with Crippen LogP contribution in [-0.4, -0.2) is 51.7 Å². The van der Waals surface area contributed by atoms with E-state index in [0.717, 1.165) is 22.6 Å². The van der Waals surface area contributed by atoms with Crippen LogP contribution in [0.1, 0.15) is 17.5 Å². The zero-order valence-corrected chi connectivity index (χ0v) is 18.5. The summed E-state index contributed by atoms with van der Waals surface area (Å²) in [6, 6.07) is 15.9. The molecule has 31 heavy (non-hydrogen) atoms. The van der Waals surface area contributed by atoms with E-state index in [0.29, 0.717) is 19.5 Å². The number of esters is 1. The Bertz CT molecular complexity index is 779. The Morgan fingerprint density at radius 2 is 1.39 bits per heavy atom. The van der Waals surface area contributed by atoms with E-state index in [1.165, 1.54) is 7.11 Å². The van der Waals surface area contributed by atoms with Gasteiger partial charge in [-0.05, 0) is 35.4 Å². The molecule has 0 spiro atoms. The molecule has 0 amide bonds. The summed E-state index contributed by atoms with van der Waals surface area (Å²) in [5, 5.41) is 0. The Morgan fingerprint density at radius 3 is 1.81 bits per heavy atom. The summed E-state index contributed by atoms with van der Waals surface area (Å²) in [6.07, 6.45) is -0.0602. The Morgan fingerprint density at radius 1 is 0.871 bits per heavy atom. The van der Waals surface area contributed by atoms with E-state index < -0.39 is 5.92 Å². The number of hydrazine groups is 1. The van der Waals surface area contributed by atoms with Crippen molar-refractivity contribution in [2.75, 3.05) is 28.4 Å². The van der Waals surface area contributed by atoms with Crippen molar-refractivity contribution >= 4 is 5.97 Å². The maximum absolute atomic E-state index is 12.6. The molecule has 8 heteroatoms. The van der Waals surface area contributed by atoms with E-state index in [1.54, 1.807) is 21.3 Å². The van der Waals surface area contributed by atoms with Crippen molar-refractivity contribution < 1.29 is 23.7 Å². The maximum atomic E-state index is 12.6. The summed E-state index contributed by atoms with van der Waals surface area (Å²) in [5.74, 6) is 0.944. The fourth-order valence-electron chi connectivity index (χ4n) is 3.76. The summed E-state index contributed by atoms with van der Waals surface area (Å²) in [7, 11) is 6.33. The Hall–Kier alpha value is -2.65. The van der Waals surface area contributed by atoms with E-state index >= 15 is 0 Å². The van der Waals surface area contributed by atoms with Crippen LogP contribution < -0.4 is 20.3 Å². The van der Waals surface area contributed by atoms with Crippen molar-refractivity contribution in [1.29, 1.82) is 0 Å². The van der Waals surface area contributed by atoms with Gasteiger partial charge in [-0.2, -0.15) is 0 Å². The lowest BCUT2D eigenvalue weighted by atomic mass is 9.97. The molecule has 3 rings (SSSR count). The number of nitrogens with zero attached hydrogens (tertiary/aromatic N) is 1. The van der Waals surface area contributed by atoms with E-state index in [2.05, 4.69) is 15.8 Å². The zero-order chi connectivity index (χ0) is 22.2. The molecule has 0 aliphatic carbocycles. The van der Waals surface area contributed by atoms with Crippen LogP contribution in [0.5, 0.6) is 11.5 Å². The van der Waals surface area contributed by atoms with Gasteiger partial charge in [0.1, 0.15) is 17.7 Å². The molecule has 8 nitrogen and oxygen atoms in total. The first-order chi connectivity index (χ1) is 15.1. The average molecular weight is 430 g/mol. The topological polar surface area (TPSA) is 81.3 Å². The van der Waals surface area contributed by atoms with Gasteiger partial charge in [-0.3, -0.25) is 9.69 Å². The second-order valence-electron chi connectivity index (χ2n) is 7.42. The lowest BCUT2D eigenvalue weighted by Crippen LogP contribution is -2.64. The summed E-state index contributed by atoms with van der Waals surface area (Å²) < 4.78 is 21.1. The van der Waals surface area contributed by atoms with Crippen LogP contribution in [0.2, 0.25) is 0 Å². The van der Waals surface area contributed by atoms with Crippen LogP contribution in [0, 0.1) is 5.92 Å². The van der Waals surface area contributed by atoms with Crippen molar-refractivity contribution in [3.05, 3.63) is 59.7 Å². The first-order valence-corrected chi connectivity index (χ1v) is 10.2. The number of rotatable bonds is 9. The molecule has 1 aliphatic rings. The highest BCUT2D eigenvalue weighted by atomic mass is 16.5. The third-order valence-electron chi connectivity index (χ3n) is 5.51. The number of hydrogen-bond donors (Lipinski definition) is 2. The molecule has 1 aliphatic heterocycles. The van der Waals surface area contributed by atoms with Crippen molar-refractivity contribution in [3.63, 3.8) is 0 Å². The van der Waals surface area contributed by atoms with Gasteiger partial charge in [-0.15, -0.1) is 0 Å². The molecule has 1 fully saturated rings. The standard InChI is InChI=1S/C23H31N3O5/c1-28-18-9-5-16(6-10-18)14-26(15-17-7-11-19(29-2)12-8-17)22-20(23(27)31-4)13-21(30-3)24-25-22/h5-12,20-22,24-25H,13-15H2,1-4H3. The van der Waals surface area contributed by atoms with Gasteiger partial charge in [0.25, 0.3) is 0 Å². The third kappa shape index (κ3) is 5.95. The highest BCUT2D eigenvalue weighted by Crippen LogP contribution is 2.25. The number of carbonyl (C=O) groups excluding carboxylic acids is 1. The SMILES string of the molecule is COC(=O)C1CC(OC)NNC1N(Cc1ccc(OC)cc1)Cc1ccc(OC)cc1. The molecule has 2 aromatic rings. The lowest BCUT2D eigenvalue weighted by Gasteiger charge is -2.42. The molecule has 1 heterocycles. The smallest absolute Gasteiger partial charge is 0.311 e. The first kappa shape index (κ1) is 23.0. The van der Waals surface area contributed by atoms with Crippen LogP contribution in [0.3, 0.4) is 0 Å². The Kier molecular flexibility index (Phi) is 8.25.